The lowest BCUT2D eigenvalue weighted by molar-refractivity contribution is -0.0859. The summed E-state index contributed by atoms with van der Waals surface area (Å²) in [6.45, 7) is 5.55. The van der Waals surface area contributed by atoms with Crippen molar-refractivity contribution in [3.8, 4) is 0 Å². The Kier molecular flexibility index (Phi) is 6.41. The Labute approximate surface area is 110 Å². The Bertz CT molecular complexity index is 219. The molecule has 4 heteroatoms. The first-order valence-electron chi connectivity index (χ1n) is 7.31. The Balaban J connectivity index is 1.77. The van der Waals surface area contributed by atoms with Gasteiger partial charge in [0.2, 0.25) is 0 Å². The summed E-state index contributed by atoms with van der Waals surface area (Å²) >= 11 is 0. The van der Waals surface area contributed by atoms with Crippen molar-refractivity contribution >= 4 is 0 Å². The fourth-order valence-electron chi connectivity index (χ4n) is 3.11. The summed E-state index contributed by atoms with van der Waals surface area (Å²) in [5, 5.41) is 3.49. The third-order valence-electron chi connectivity index (χ3n) is 4.11. The van der Waals surface area contributed by atoms with Gasteiger partial charge in [0.05, 0.1) is 12.7 Å². The largest absolute Gasteiger partial charge is 0.383 e. The van der Waals surface area contributed by atoms with Crippen molar-refractivity contribution in [2.45, 2.75) is 31.8 Å². The molecule has 0 aliphatic carbocycles. The molecule has 0 aromatic carbocycles. The van der Waals surface area contributed by atoms with Crippen LogP contribution in [0.2, 0.25) is 0 Å². The zero-order chi connectivity index (χ0) is 12.6. The first kappa shape index (κ1) is 14.3. The highest BCUT2D eigenvalue weighted by Crippen LogP contribution is 2.31. The van der Waals surface area contributed by atoms with E-state index in [1.165, 1.54) is 25.7 Å². The Morgan fingerprint density at radius 3 is 2.78 bits per heavy atom. The molecule has 2 aliphatic rings. The normalized spacial score (nSPS) is 30.5. The highest BCUT2D eigenvalue weighted by Gasteiger charge is 2.33. The van der Waals surface area contributed by atoms with Gasteiger partial charge in [0.15, 0.2) is 0 Å². The van der Waals surface area contributed by atoms with Crippen LogP contribution in [0, 0.1) is 11.8 Å². The van der Waals surface area contributed by atoms with Crippen molar-refractivity contribution in [1.29, 1.82) is 0 Å². The van der Waals surface area contributed by atoms with Crippen molar-refractivity contribution in [2.75, 3.05) is 46.6 Å². The zero-order valence-corrected chi connectivity index (χ0v) is 11.5. The average molecular weight is 257 g/mol. The zero-order valence-electron chi connectivity index (χ0n) is 11.5. The van der Waals surface area contributed by atoms with Crippen molar-refractivity contribution in [1.82, 2.24) is 5.32 Å². The predicted octanol–water partition coefficient (Wildman–Crippen LogP) is 1.44. The maximum absolute atomic E-state index is 6.06. The van der Waals surface area contributed by atoms with Gasteiger partial charge in [0.25, 0.3) is 0 Å². The van der Waals surface area contributed by atoms with E-state index >= 15 is 0 Å². The van der Waals surface area contributed by atoms with Gasteiger partial charge in [-0.15, -0.1) is 0 Å². The second kappa shape index (κ2) is 8.10. The number of hydrogen-bond donors (Lipinski definition) is 1. The monoisotopic (exact) mass is 257 g/mol. The van der Waals surface area contributed by atoms with Gasteiger partial charge >= 0.3 is 0 Å². The standard InChI is InChI=1S/C14H27NO3/c1-16-10-6-15-11-13-3-2-7-18-14(13)12-4-8-17-9-5-12/h12-15H,2-11H2,1H3. The summed E-state index contributed by atoms with van der Waals surface area (Å²) in [5.41, 5.74) is 0. The van der Waals surface area contributed by atoms with E-state index in [1.54, 1.807) is 7.11 Å². The van der Waals surface area contributed by atoms with Crippen LogP contribution < -0.4 is 5.32 Å². The molecule has 2 rings (SSSR count). The molecule has 0 spiro atoms. The van der Waals surface area contributed by atoms with Crippen LogP contribution in [0.15, 0.2) is 0 Å². The van der Waals surface area contributed by atoms with E-state index in [2.05, 4.69) is 5.32 Å². The average Bonchev–Trinajstić information content (AvgIpc) is 2.45. The minimum atomic E-state index is 0.442. The highest BCUT2D eigenvalue weighted by atomic mass is 16.5. The first-order valence-corrected chi connectivity index (χ1v) is 7.31. The Hall–Kier alpha value is -0.160. The van der Waals surface area contributed by atoms with Crippen LogP contribution in [0.3, 0.4) is 0 Å². The van der Waals surface area contributed by atoms with Crippen LogP contribution in [-0.2, 0) is 14.2 Å². The molecule has 0 aromatic heterocycles. The van der Waals surface area contributed by atoms with E-state index in [9.17, 15) is 0 Å². The minimum absolute atomic E-state index is 0.442. The molecule has 0 bridgehead atoms. The summed E-state index contributed by atoms with van der Waals surface area (Å²) in [7, 11) is 1.75. The Morgan fingerprint density at radius 1 is 1.17 bits per heavy atom. The molecule has 2 atom stereocenters. The number of ether oxygens (including phenoxy) is 3. The molecule has 0 saturated carbocycles. The third kappa shape index (κ3) is 4.19. The molecule has 0 radical (unpaired) electrons. The molecular weight excluding hydrogens is 230 g/mol. The highest BCUT2D eigenvalue weighted by molar-refractivity contribution is 4.83. The van der Waals surface area contributed by atoms with Crippen LogP contribution in [0.1, 0.15) is 25.7 Å². The van der Waals surface area contributed by atoms with E-state index in [0.717, 1.165) is 39.5 Å². The SMILES string of the molecule is COCCNCC1CCCOC1C1CCOCC1. The molecule has 2 unspecified atom stereocenters. The van der Waals surface area contributed by atoms with Crippen LogP contribution in [0.5, 0.6) is 0 Å². The Morgan fingerprint density at radius 2 is 2.00 bits per heavy atom. The van der Waals surface area contributed by atoms with Gasteiger partial charge in [-0.25, -0.2) is 0 Å². The summed E-state index contributed by atoms with van der Waals surface area (Å²) in [4.78, 5) is 0. The molecule has 2 aliphatic heterocycles. The van der Waals surface area contributed by atoms with Gasteiger partial charge in [0.1, 0.15) is 0 Å². The van der Waals surface area contributed by atoms with Crippen LogP contribution in [-0.4, -0.2) is 52.7 Å². The lowest BCUT2D eigenvalue weighted by Gasteiger charge is -2.39. The van der Waals surface area contributed by atoms with Crippen LogP contribution >= 0.6 is 0 Å². The molecule has 2 fully saturated rings. The fraction of sp³-hybridized carbons (Fsp3) is 1.00. The molecular formula is C14H27NO3. The first-order chi connectivity index (χ1) is 8.92. The number of rotatable bonds is 6. The van der Waals surface area contributed by atoms with E-state index in [1.807, 2.05) is 0 Å². The summed E-state index contributed by atoms with van der Waals surface area (Å²) in [6, 6.07) is 0. The van der Waals surface area contributed by atoms with Crippen LogP contribution in [0.4, 0.5) is 0 Å². The van der Waals surface area contributed by atoms with Gasteiger partial charge < -0.3 is 19.5 Å². The lowest BCUT2D eigenvalue weighted by Crippen LogP contribution is -2.43. The van der Waals surface area contributed by atoms with Crippen molar-refractivity contribution in [3.05, 3.63) is 0 Å². The topological polar surface area (TPSA) is 39.7 Å². The molecule has 4 nitrogen and oxygen atoms in total. The van der Waals surface area contributed by atoms with Gasteiger partial charge in [-0.3, -0.25) is 0 Å². The molecule has 2 saturated heterocycles. The predicted molar refractivity (Wildman–Crippen MR) is 70.8 cm³/mol. The van der Waals surface area contributed by atoms with Gasteiger partial charge in [-0.2, -0.15) is 0 Å². The number of methoxy groups -OCH3 is 1. The van der Waals surface area contributed by atoms with Crippen molar-refractivity contribution in [2.24, 2.45) is 11.8 Å². The second-order valence-electron chi connectivity index (χ2n) is 5.38. The quantitative estimate of drug-likeness (QED) is 0.731. The molecule has 0 amide bonds. The van der Waals surface area contributed by atoms with E-state index in [4.69, 9.17) is 14.2 Å². The van der Waals surface area contributed by atoms with Gasteiger partial charge in [-0.1, -0.05) is 0 Å². The molecule has 106 valence electrons. The van der Waals surface area contributed by atoms with Crippen LogP contribution in [0.25, 0.3) is 0 Å². The lowest BCUT2D eigenvalue weighted by atomic mass is 9.82. The van der Waals surface area contributed by atoms with E-state index < -0.39 is 0 Å². The van der Waals surface area contributed by atoms with Gasteiger partial charge in [-0.05, 0) is 37.5 Å². The molecule has 18 heavy (non-hydrogen) atoms. The minimum Gasteiger partial charge on any atom is -0.383 e. The summed E-state index contributed by atoms with van der Waals surface area (Å²) in [5.74, 6) is 1.37. The molecule has 1 N–H and O–H groups in total. The van der Waals surface area contributed by atoms with Crippen molar-refractivity contribution in [3.63, 3.8) is 0 Å². The van der Waals surface area contributed by atoms with Crippen molar-refractivity contribution < 1.29 is 14.2 Å². The maximum Gasteiger partial charge on any atom is 0.0645 e. The summed E-state index contributed by atoms with van der Waals surface area (Å²) < 4.78 is 16.6. The smallest absolute Gasteiger partial charge is 0.0645 e. The number of nitrogens with one attached hydrogen (secondary N) is 1. The second-order valence-corrected chi connectivity index (χ2v) is 5.38. The summed E-state index contributed by atoms with van der Waals surface area (Å²) in [6.07, 6.45) is 5.27. The van der Waals surface area contributed by atoms with Gasteiger partial charge in [0, 0.05) is 40.0 Å². The molecule has 2 heterocycles. The van der Waals surface area contributed by atoms with E-state index in [-0.39, 0.29) is 0 Å². The van der Waals surface area contributed by atoms with E-state index in [0.29, 0.717) is 17.9 Å². The number of hydrogen-bond acceptors (Lipinski definition) is 4. The maximum atomic E-state index is 6.06. The third-order valence-corrected chi connectivity index (χ3v) is 4.11. The molecule has 0 aromatic rings. The fourth-order valence-corrected chi connectivity index (χ4v) is 3.11.